The van der Waals surface area contributed by atoms with E-state index < -0.39 is 34.9 Å². The molecule has 1 N–H and O–H groups in total. The van der Waals surface area contributed by atoms with Crippen LogP contribution in [0.5, 0.6) is 0 Å². The number of aromatic carboxylic acids is 1. The van der Waals surface area contributed by atoms with Crippen molar-refractivity contribution in [2.75, 3.05) is 18.0 Å². The zero-order valence-corrected chi connectivity index (χ0v) is 14.4. The number of carboxylic acids is 1. The molecule has 1 aliphatic rings. The topological polar surface area (TPSA) is 66.3 Å². The maximum absolute atomic E-state index is 14.7. The summed E-state index contributed by atoms with van der Waals surface area (Å²) in [5, 5.41) is 16.3. The van der Waals surface area contributed by atoms with E-state index in [0.717, 1.165) is 11.3 Å². The second kappa shape index (κ2) is 7.22. The van der Waals surface area contributed by atoms with E-state index in [-0.39, 0.29) is 36.5 Å². The molecule has 1 aromatic carbocycles. The Hall–Kier alpha value is -2.56. The molecule has 0 unspecified atom stereocenters. The van der Waals surface area contributed by atoms with Gasteiger partial charge in [0.15, 0.2) is 0 Å². The molecule has 11 heteroatoms. The molecule has 1 saturated heterocycles. The van der Waals surface area contributed by atoms with Gasteiger partial charge in [-0.15, -0.1) is 10.2 Å². The van der Waals surface area contributed by atoms with E-state index >= 15 is 0 Å². The highest BCUT2D eigenvalue weighted by Gasteiger charge is 2.35. The third-order valence-corrected chi connectivity index (χ3v) is 5.04. The van der Waals surface area contributed by atoms with Crippen LogP contribution >= 0.6 is 11.3 Å². The number of benzene rings is 1. The number of anilines is 1. The first-order chi connectivity index (χ1) is 12.7. The second-order valence-corrected chi connectivity index (χ2v) is 6.74. The SMILES string of the molecule is O=C(O)c1nnc(N2CCC(=C(F)c3cc(F)ccc3C(F)(F)F)CC2)s1. The van der Waals surface area contributed by atoms with Gasteiger partial charge in [0.25, 0.3) is 0 Å². The Balaban J connectivity index is 1.83. The van der Waals surface area contributed by atoms with E-state index in [1.807, 2.05) is 0 Å². The van der Waals surface area contributed by atoms with Crippen molar-refractivity contribution in [1.82, 2.24) is 10.2 Å². The third-order valence-electron chi connectivity index (χ3n) is 4.07. The van der Waals surface area contributed by atoms with Crippen LogP contribution in [0.25, 0.3) is 5.83 Å². The van der Waals surface area contributed by atoms with Crippen molar-refractivity contribution < 1.29 is 31.9 Å². The van der Waals surface area contributed by atoms with Gasteiger partial charge in [0.05, 0.1) is 5.56 Å². The number of rotatable bonds is 3. The van der Waals surface area contributed by atoms with Crippen LogP contribution in [0, 0.1) is 5.82 Å². The molecule has 2 aromatic rings. The predicted molar refractivity (Wildman–Crippen MR) is 87.7 cm³/mol. The number of aromatic nitrogens is 2. The van der Waals surface area contributed by atoms with E-state index in [1.165, 1.54) is 0 Å². The zero-order chi connectivity index (χ0) is 19.8. The fourth-order valence-electron chi connectivity index (χ4n) is 2.75. The summed E-state index contributed by atoms with van der Waals surface area (Å²) < 4.78 is 67.3. The van der Waals surface area contributed by atoms with Crippen LogP contribution in [-0.4, -0.2) is 34.4 Å². The van der Waals surface area contributed by atoms with Crippen molar-refractivity contribution in [2.45, 2.75) is 19.0 Å². The summed E-state index contributed by atoms with van der Waals surface area (Å²) in [5.74, 6) is -3.25. The van der Waals surface area contributed by atoms with Crippen LogP contribution in [0.15, 0.2) is 23.8 Å². The van der Waals surface area contributed by atoms with Crippen LogP contribution < -0.4 is 4.90 Å². The van der Waals surface area contributed by atoms with Gasteiger partial charge in [-0.05, 0) is 36.6 Å². The molecular weight excluding hydrogens is 393 g/mol. The van der Waals surface area contributed by atoms with Gasteiger partial charge < -0.3 is 10.0 Å². The molecule has 3 rings (SSSR count). The Bertz CT molecular complexity index is 900. The maximum Gasteiger partial charge on any atom is 0.417 e. The first-order valence-electron chi connectivity index (χ1n) is 7.73. The van der Waals surface area contributed by atoms with Crippen LogP contribution in [-0.2, 0) is 6.18 Å². The maximum atomic E-state index is 14.7. The van der Waals surface area contributed by atoms with Crippen molar-refractivity contribution in [2.24, 2.45) is 0 Å². The molecule has 0 saturated carbocycles. The minimum Gasteiger partial charge on any atom is -0.476 e. The molecule has 0 atom stereocenters. The van der Waals surface area contributed by atoms with Crippen molar-refractivity contribution in [3.8, 4) is 0 Å². The lowest BCUT2D eigenvalue weighted by atomic mass is 9.97. The van der Waals surface area contributed by atoms with E-state index in [1.54, 1.807) is 4.90 Å². The standard InChI is InChI=1S/C16H12F5N3O2S/c17-9-1-2-11(16(19,20)21)10(7-9)12(18)8-3-5-24(6-4-8)15-23-22-13(27-15)14(25)26/h1-2,7H,3-6H2,(H,25,26). The molecule has 2 heterocycles. The average Bonchev–Trinajstić information content (AvgIpc) is 3.10. The van der Waals surface area contributed by atoms with Crippen LogP contribution in [0.4, 0.5) is 27.1 Å². The minimum atomic E-state index is -4.80. The van der Waals surface area contributed by atoms with E-state index in [0.29, 0.717) is 23.3 Å². The zero-order valence-electron chi connectivity index (χ0n) is 13.6. The van der Waals surface area contributed by atoms with Crippen molar-refractivity contribution >= 4 is 28.3 Å². The van der Waals surface area contributed by atoms with Gasteiger partial charge in [0.1, 0.15) is 11.6 Å². The molecule has 0 amide bonds. The van der Waals surface area contributed by atoms with Crippen LogP contribution in [0.3, 0.4) is 0 Å². The summed E-state index contributed by atoms with van der Waals surface area (Å²) in [5.41, 5.74) is -1.90. The lowest BCUT2D eigenvalue weighted by Crippen LogP contribution is -2.30. The van der Waals surface area contributed by atoms with Crippen molar-refractivity contribution in [1.29, 1.82) is 0 Å². The Kier molecular flexibility index (Phi) is 5.13. The summed E-state index contributed by atoms with van der Waals surface area (Å²) in [6.07, 6.45) is -4.61. The number of halogens is 5. The Labute approximate surface area is 153 Å². The fraction of sp³-hybridized carbons (Fsp3) is 0.312. The molecule has 0 bridgehead atoms. The highest BCUT2D eigenvalue weighted by molar-refractivity contribution is 7.17. The van der Waals surface area contributed by atoms with E-state index in [4.69, 9.17) is 5.11 Å². The van der Waals surface area contributed by atoms with Gasteiger partial charge >= 0.3 is 12.1 Å². The predicted octanol–water partition coefficient (Wildman–Crippen LogP) is 4.38. The van der Waals surface area contributed by atoms with Crippen molar-refractivity contribution in [3.05, 3.63) is 45.7 Å². The molecule has 1 aromatic heterocycles. The quantitative estimate of drug-likeness (QED) is 0.768. The first kappa shape index (κ1) is 19.2. The number of carbonyl (C=O) groups is 1. The Morgan fingerprint density at radius 3 is 2.41 bits per heavy atom. The number of hydrogen-bond acceptors (Lipinski definition) is 5. The lowest BCUT2D eigenvalue weighted by molar-refractivity contribution is -0.137. The second-order valence-electron chi connectivity index (χ2n) is 5.79. The van der Waals surface area contributed by atoms with Gasteiger partial charge in [0.2, 0.25) is 10.1 Å². The van der Waals surface area contributed by atoms with E-state index in [2.05, 4.69) is 10.2 Å². The van der Waals surface area contributed by atoms with Crippen molar-refractivity contribution in [3.63, 3.8) is 0 Å². The van der Waals surface area contributed by atoms with Gasteiger partial charge in [0, 0.05) is 18.7 Å². The summed E-state index contributed by atoms with van der Waals surface area (Å²) in [7, 11) is 0. The number of hydrogen-bond donors (Lipinski definition) is 1. The summed E-state index contributed by atoms with van der Waals surface area (Å²) in [6.45, 7) is 0.460. The van der Waals surface area contributed by atoms with Gasteiger partial charge in [-0.3, -0.25) is 0 Å². The van der Waals surface area contributed by atoms with Crippen LogP contribution in [0.2, 0.25) is 0 Å². The molecule has 27 heavy (non-hydrogen) atoms. The molecule has 0 radical (unpaired) electrons. The average molecular weight is 405 g/mol. The highest BCUT2D eigenvalue weighted by Crippen LogP contribution is 2.38. The molecule has 144 valence electrons. The fourth-order valence-corrected chi connectivity index (χ4v) is 3.49. The Morgan fingerprint density at radius 2 is 1.85 bits per heavy atom. The minimum absolute atomic E-state index is 0.0988. The number of piperidine rings is 1. The summed E-state index contributed by atoms with van der Waals surface area (Å²) in [4.78, 5) is 12.5. The molecular formula is C16H12F5N3O2S. The Morgan fingerprint density at radius 1 is 1.19 bits per heavy atom. The summed E-state index contributed by atoms with van der Waals surface area (Å²) in [6, 6.07) is 1.71. The number of alkyl halides is 3. The first-order valence-corrected chi connectivity index (χ1v) is 8.55. The molecule has 0 aliphatic carbocycles. The van der Waals surface area contributed by atoms with Crippen LogP contribution in [0.1, 0.15) is 33.8 Å². The monoisotopic (exact) mass is 405 g/mol. The molecule has 0 spiro atoms. The smallest absolute Gasteiger partial charge is 0.417 e. The number of nitrogens with zero attached hydrogens (tertiary/aromatic N) is 3. The third kappa shape index (κ3) is 4.07. The molecule has 1 fully saturated rings. The largest absolute Gasteiger partial charge is 0.476 e. The van der Waals surface area contributed by atoms with Gasteiger partial charge in [-0.25, -0.2) is 13.6 Å². The normalized spacial score (nSPS) is 15.1. The van der Waals surface area contributed by atoms with E-state index in [9.17, 15) is 26.7 Å². The van der Waals surface area contributed by atoms with Gasteiger partial charge in [-0.1, -0.05) is 11.3 Å². The molecule has 1 aliphatic heterocycles. The molecule has 5 nitrogen and oxygen atoms in total. The summed E-state index contributed by atoms with van der Waals surface area (Å²) >= 11 is 0.857. The highest BCUT2D eigenvalue weighted by atomic mass is 32.1. The lowest BCUT2D eigenvalue weighted by Gasteiger charge is -2.28. The number of carboxylic acid groups (broad SMARTS) is 1. The van der Waals surface area contributed by atoms with Gasteiger partial charge in [-0.2, -0.15) is 13.2 Å².